The van der Waals surface area contributed by atoms with Crippen LogP contribution in [-0.4, -0.2) is 66.8 Å². The number of rotatable bonds is 3. The lowest BCUT2D eigenvalue weighted by Gasteiger charge is -2.35. The molecule has 7 nitrogen and oxygen atoms in total. The standard InChI is InChI=1S/C15H22N4O3/c1-11-10-13(21-2)17-15(16-11)19-7-5-18(6-8-19)14(20)12-4-3-9-22-12/h10,12H,3-9H2,1-2H3/t12-/m0/s1. The van der Waals surface area contributed by atoms with Gasteiger partial charge < -0.3 is 19.3 Å². The predicted molar refractivity (Wildman–Crippen MR) is 81.1 cm³/mol. The molecule has 0 saturated carbocycles. The van der Waals surface area contributed by atoms with E-state index in [1.54, 1.807) is 13.2 Å². The molecule has 1 aromatic rings. The summed E-state index contributed by atoms with van der Waals surface area (Å²) in [7, 11) is 1.60. The van der Waals surface area contributed by atoms with Gasteiger partial charge in [0.05, 0.1) is 7.11 Å². The van der Waals surface area contributed by atoms with Crippen LogP contribution in [0.15, 0.2) is 6.07 Å². The van der Waals surface area contributed by atoms with E-state index in [-0.39, 0.29) is 12.0 Å². The van der Waals surface area contributed by atoms with Gasteiger partial charge in [0.2, 0.25) is 11.8 Å². The molecule has 3 heterocycles. The van der Waals surface area contributed by atoms with E-state index < -0.39 is 0 Å². The third-order valence-electron chi connectivity index (χ3n) is 4.11. The molecule has 7 heteroatoms. The minimum atomic E-state index is -0.234. The van der Waals surface area contributed by atoms with Crippen LogP contribution in [-0.2, 0) is 9.53 Å². The zero-order valence-electron chi connectivity index (χ0n) is 13.1. The third kappa shape index (κ3) is 3.14. The lowest BCUT2D eigenvalue weighted by molar-refractivity contribution is -0.141. The molecule has 2 aliphatic heterocycles. The second-order valence-electron chi connectivity index (χ2n) is 5.67. The van der Waals surface area contributed by atoms with Crippen LogP contribution in [0.25, 0.3) is 0 Å². The van der Waals surface area contributed by atoms with Crippen LogP contribution in [0, 0.1) is 6.92 Å². The Morgan fingerprint density at radius 2 is 2.09 bits per heavy atom. The smallest absolute Gasteiger partial charge is 0.251 e. The highest BCUT2D eigenvalue weighted by molar-refractivity contribution is 5.81. The number of hydrogen-bond donors (Lipinski definition) is 0. The van der Waals surface area contributed by atoms with Crippen LogP contribution in [0.5, 0.6) is 5.88 Å². The summed E-state index contributed by atoms with van der Waals surface area (Å²) in [6.45, 7) is 5.44. The molecule has 22 heavy (non-hydrogen) atoms. The fourth-order valence-corrected chi connectivity index (χ4v) is 2.87. The summed E-state index contributed by atoms with van der Waals surface area (Å²) < 4.78 is 10.7. The molecule has 2 aliphatic rings. The molecule has 0 spiro atoms. The number of anilines is 1. The highest BCUT2D eigenvalue weighted by Crippen LogP contribution is 2.19. The van der Waals surface area contributed by atoms with Crippen molar-refractivity contribution in [1.82, 2.24) is 14.9 Å². The molecule has 1 amide bonds. The number of ether oxygens (including phenoxy) is 2. The summed E-state index contributed by atoms with van der Waals surface area (Å²) >= 11 is 0. The Labute approximate surface area is 130 Å². The Morgan fingerprint density at radius 1 is 1.32 bits per heavy atom. The second-order valence-corrected chi connectivity index (χ2v) is 5.67. The molecule has 3 rings (SSSR count). The quantitative estimate of drug-likeness (QED) is 0.815. The van der Waals surface area contributed by atoms with Crippen molar-refractivity contribution in [3.05, 3.63) is 11.8 Å². The van der Waals surface area contributed by atoms with Crippen molar-refractivity contribution < 1.29 is 14.3 Å². The summed E-state index contributed by atoms with van der Waals surface area (Å²) in [4.78, 5) is 25.2. The maximum atomic E-state index is 12.3. The van der Waals surface area contributed by atoms with Crippen molar-refractivity contribution in [2.75, 3.05) is 44.8 Å². The van der Waals surface area contributed by atoms with Gasteiger partial charge in [-0.1, -0.05) is 0 Å². The van der Waals surface area contributed by atoms with Gasteiger partial charge in [-0.25, -0.2) is 4.98 Å². The summed E-state index contributed by atoms with van der Waals surface area (Å²) in [5, 5.41) is 0. The van der Waals surface area contributed by atoms with Gasteiger partial charge in [0.1, 0.15) is 6.10 Å². The van der Waals surface area contributed by atoms with Crippen molar-refractivity contribution in [2.24, 2.45) is 0 Å². The highest BCUT2D eigenvalue weighted by atomic mass is 16.5. The Hall–Kier alpha value is -1.89. The molecule has 1 atom stereocenters. The fourth-order valence-electron chi connectivity index (χ4n) is 2.87. The topological polar surface area (TPSA) is 67.8 Å². The Morgan fingerprint density at radius 3 is 2.73 bits per heavy atom. The maximum absolute atomic E-state index is 12.3. The average molecular weight is 306 g/mol. The third-order valence-corrected chi connectivity index (χ3v) is 4.11. The molecule has 0 unspecified atom stereocenters. The summed E-state index contributed by atoms with van der Waals surface area (Å²) in [6, 6.07) is 1.81. The van der Waals surface area contributed by atoms with E-state index in [0.717, 1.165) is 31.6 Å². The number of nitrogens with zero attached hydrogens (tertiary/aromatic N) is 4. The first-order valence-corrected chi connectivity index (χ1v) is 7.72. The molecular weight excluding hydrogens is 284 g/mol. The van der Waals surface area contributed by atoms with Crippen LogP contribution in [0.1, 0.15) is 18.5 Å². The number of carbonyl (C=O) groups excluding carboxylic acids is 1. The van der Waals surface area contributed by atoms with E-state index >= 15 is 0 Å². The molecule has 2 saturated heterocycles. The Kier molecular flexibility index (Phi) is 4.42. The summed E-state index contributed by atoms with van der Waals surface area (Å²) in [5.74, 6) is 1.36. The van der Waals surface area contributed by atoms with Gasteiger partial charge in [-0.05, 0) is 19.8 Å². The largest absolute Gasteiger partial charge is 0.481 e. The monoisotopic (exact) mass is 306 g/mol. The van der Waals surface area contributed by atoms with Gasteiger partial charge in [0, 0.05) is 44.5 Å². The SMILES string of the molecule is COc1cc(C)nc(N2CCN(C(=O)[C@@H]3CCCO3)CC2)n1. The number of carbonyl (C=O) groups is 1. The normalized spacial score (nSPS) is 22.0. The lowest BCUT2D eigenvalue weighted by Crippen LogP contribution is -2.51. The van der Waals surface area contributed by atoms with E-state index in [9.17, 15) is 4.79 Å². The Bertz CT molecular complexity index is 538. The number of piperazine rings is 1. The second kappa shape index (κ2) is 6.48. The van der Waals surface area contributed by atoms with Crippen LogP contribution in [0.4, 0.5) is 5.95 Å². The van der Waals surface area contributed by atoms with E-state index in [0.29, 0.717) is 31.5 Å². The molecule has 2 fully saturated rings. The van der Waals surface area contributed by atoms with Crippen molar-refractivity contribution in [3.63, 3.8) is 0 Å². The Balaban J connectivity index is 1.61. The van der Waals surface area contributed by atoms with Gasteiger partial charge in [0.15, 0.2) is 0 Å². The molecule has 0 N–H and O–H groups in total. The number of methoxy groups -OCH3 is 1. The molecule has 0 aliphatic carbocycles. The van der Waals surface area contributed by atoms with E-state index in [1.165, 1.54) is 0 Å². The van der Waals surface area contributed by atoms with Crippen molar-refractivity contribution in [3.8, 4) is 5.88 Å². The van der Waals surface area contributed by atoms with Crippen molar-refractivity contribution in [1.29, 1.82) is 0 Å². The number of hydrogen-bond acceptors (Lipinski definition) is 6. The number of amides is 1. The molecule has 1 aromatic heterocycles. The lowest BCUT2D eigenvalue weighted by atomic mass is 10.2. The molecule has 120 valence electrons. The average Bonchev–Trinajstić information content (AvgIpc) is 3.08. The van der Waals surface area contributed by atoms with Crippen molar-refractivity contribution in [2.45, 2.75) is 25.9 Å². The van der Waals surface area contributed by atoms with E-state index in [2.05, 4.69) is 14.9 Å². The predicted octanol–water partition coefficient (Wildman–Crippen LogP) is 0.621. The minimum absolute atomic E-state index is 0.125. The van der Waals surface area contributed by atoms with Crippen LogP contribution >= 0.6 is 0 Å². The zero-order chi connectivity index (χ0) is 15.5. The first kappa shape index (κ1) is 15.0. The van der Waals surface area contributed by atoms with Gasteiger partial charge in [-0.3, -0.25) is 4.79 Å². The van der Waals surface area contributed by atoms with Gasteiger partial charge >= 0.3 is 0 Å². The van der Waals surface area contributed by atoms with E-state index in [1.807, 2.05) is 11.8 Å². The molecule has 0 radical (unpaired) electrons. The van der Waals surface area contributed by atoms with E-state index in [4.69, 9.17) is 9.47 Å². The fraction of sp³-hybridized carbons (Fsp3) is 0.667. The number of aromatic nitrogens is 2. The van der Waals surface area contributed by atoms with Crippen LogP contribution in [0.2, 0.25) is 0 Å². The molecular formula is C15H22N4O3. The van der Waals surface area contributed by atoms with Crippen molar-refractivity contribution >= 4 is 11.9 Å². The summed E-state index contributed by atoms with van der Waals surface area (Å²) in [5.41, 5.74) is 0.875. The first-order chi connectivity index (χ1) is 10.7. The van der Waals surface area contributed by atoms with Crippen LogP contribution < -0.4 is 9.64 Å². The molecule has 0 aromatic carbocycles. The molecule has 0 bridgehead atoms. The first-order valence-electron chi connectivity index (χ1n) is 7.72. The maximum Gasteiger partial charge on any atom is 0.251 e. The van der Waals surface area contributed by atoms with Gasteiger partial charge in [-0.2, -0.15) is 4.98 Å². The highest BCUT2D eigenvalue weighted by Gasteiger charge is 2.30. The summed E-state index contributed by atoms with van der Waals surface area (Å²) in [6.07, 6.45) is 1.59. The van der Waals surface area contributed by atoms with Gasteiger partial charge in [0.25, 0.3) is 5.91 Å². The minimum Gasteiger partial charge on any atom is -0.481 e. The van der Waals surface area contributed by atoms with Crippen LogP contribution in [0.3, 0.4) is 0 Å². The van der Waals surface area contributed by atoms with Gasteiger partial charge in [-0.15, -0.1) is 0 Å². The number of aryl methyl sites for hydroxylation is 1. The zero-order valence-corrected chi connectivity index (χ0v) is 13.1.